The molecule has 0 amide bonds. The van der Waals surface area contributed by atoms with Crippen LogP contribution in [0.3, 0.4) is 0 Å². The highest BCUT2D eigenvalue weighted by atomic mass is 79.9. The van der Waals surface area contributed by atoms with Crippen LogP contribution < -0.4 is 9.46 Å². The van der Waals surface area contributed by atoms with Gasteiger partial charge in [-0.3, -0.25) is 4.72 Å². The predicted octanol–water partition coefficient (Wildman–Crippen LogP) is 3.96. The van der Waals surface area contributed by atoms with Crippen molar-refractivity contribution in [1.82, 2.24) is 19.6 Å². The summed E-state index contributed by atoms with van der Waals surface area (Å²) in [6.45, 7) is 1.72. The van der Waals surface area contributed by atoms with Crippen molar-refractivity contribution in [3.05, 3.63) is 37.5 Å². The molecule has 0 saturated carbocycles. The Morgan fingerprint density at radius 1 is 1.23 bits per heavy atom. The summed E-state index contributed by atoms with van der Waals surface area (Å²) in [7, 11) is -2.81. The molecule has 1 N–H and O–H groups in total. The average Bonchev–Trinajstić information content (AvgIpc) is 3.05. The minimum Gasteiger partial charge on any atom is -0.480 e. The molecule has 0 bridgehead atoms. The molecule has 0 aliphatic heterocycles. The molecule has 0 aliphatic carbocycles. The summed E-state index contributed by atoms with van der Waals surface area (Å²) < 4.78 is 34.1. The quantitative estimate of drug-likeness (QED) is 0.544. The van der Waals surface area contributed by atoms with Crippen LogP contribution in [0.5, 0.6) is 5.88 Å². The van der Waals surface area contributed by atoms with Gasteiger partial charge in [0.1, 0.15) is 4.47 Å². The van der Waals surface area contributed by atoms with Gasteiger partial charge in [-0.2, -0.15) is 22.9 Å². The van der Waals surface area contributed by atoms with E-state index in [4.69, 9.17) is 39.5 Å². The van der Waals surface area contributed by atoms with Gasteiger partial charge in [-0.25, -0.2) is 0 Å². The molecule has 1 aromatic carbocycles. The zero-order valence-electron chi connectivity index (χ0n) is 13.1. The highest BCUT2D eigenvalue weighted by Gasteiger charge is 2.26. The first-order chi connectivity index (χ1) is 12.2. The molecule has 13 heteroatoms. The lowest BCUT2D eigenvalue weighted by Gasteiger charge is -2.10. The second-order valence-corrected chi connectivity index (χ2v) is 8.49. The van der Waals surface area contributed by atoms with E-state index in [-0.39, 0.29) is 32.5 Å². The van der Waals surface area contributed by atoms with Crippen molar-refractivity contribution in [1.29, 1.82) is 0 Å². The summed E-state index contributed by atoms with van der Waals surface area (Å²) >= 11 is 21.4. The number of methoxy groups -OCH3 is 1. The summed E-state index contributed by atoms with van der Waals surface area (Å²) in [6.07, 6.45) is 0. The van der Waals surface area contributed by atoms with Gasteiger partial charge in [-0.05, 0) is 46.1 Å². The predicted molar refractivity (Wildman–Crippen MR) is 102 cm³/mol. The average molecular weight is 502 g/mol. The van der Waals surface area contributed by atoms with Crippen molar-refractivity contribution in [2.24, 2.45) is 0 Å². The first-order valence-corrected chi connectivity index (χ1v) is 10.2. The van der Waals surface area contributed by atoms with E-state index in [1.54, 1.807) is 13.0 Å². The molecule has 138 valence electrons. The van der Waals surface area contributed by atoms with Gasteiger partial charge in [0.05, 0.1) is 22.8 Å². The second-order valence-electron chi connectivity index (χ2n) is 4.99. The van der Waals surface area contributed by atoms with Crippen LogP contribution in [-0.2, 0) is 10.0 Å². The maximum Gasteiger partial charge on any atom is 0.299 e. The molecule has 26 heavy (non-hydrogen) atoms. The monoisotopic (exact) mass is 499 g/mol. The topological polar surface area (TPSA) is 98.5 Å². The number of fused-ring (bicyclic) bond motifs is 1. The number of sulfonamides is 1. The van der Waals surface area contributed by atoms with Gasteiger partial charge in [-0.15, -0.1) is 5.10 Å². The molecule has 0 spiro atoms. The SMILES string of the molecule is COc1nc(Cl)n2nc(S(=O)(=O)Nc3c(Cl)ccc(C)c3Cl)nc2c1Br. The Kier molecular flexibility index (Phi) is 5.24. The number of anilines is 1. The molecule has 2 aromatic heterocycles. The maximum atomic E-state index is 12.7. The normalized spacial score (nSPS) is 11.8. The Bertz CT molecular complexity index is 1140. The number of rotatable bonds is 4. The lowest BCUT2D eigenvalue weighted by atomic mass is 10.2. The zero-order valence-corrected chi connectivity index (χ0v) is 17.8. The van der Waals surface area contributed by atoms with Crippen molar-refractivity contribution in [2.45, 2.75) is 12.1 Å². The van der Waals surface area contributed by atoms with E-state index in [9.17, 15) is 8.42 Å². The number of hydrogen-bond acceptors (Lipinski definition) is 6. The number of ether oxygens (including phenoxy) is 1. The second kappa shape index (κ2) is 7.01. The number of aromatic nitrogens is 4. The Morgan fingerprint density at radius 2 is 1.92 bits per heavy atom. The number of nitrogens with zero attached hydrogens (tertiary/aromatic N) is 4. The third-order valence-electron chi connectivity index (χ3n) is 3.29. The largest absolute Gasteiger partial charge is 0.480 e. The van der Waals surface area contributed by atoms with Gasteiger partial charge in [0.25, 0.3) is 15.2 Å². The Morgan fingerprint density at radius 3 is 2.58 bits per heavy atom. The van der Waals surface area contributed by atoms with Crippen molar-refractivity contribution in [2.75, 3.05) is 11.8 Å². The summed E-state index contributed by atoms with van der Waals surface area (Å²) in [5.41, 5.74) is 0.799. The van der Waals surface area contributed by atoms with Crippen LogP contribution in [0.1, 0.15) is 5.56 Å². The number of benzene rings is 1. The fraction of sp³-hybridized carbons (Fsp3) is 0.154. The van der Waals surface area contributed by atoms with Gasteiger partial charge >= 0.3 is 0 Å². The lowest BCUT2D eigenvalue weighted by molar-refractivity contribution is 0.394. The van der Waals surface area contributed by atoms with E-state index in [0.29, 0.717) is 10.0 Å². The van der Waals surface area contributed by atoms with Crippen LogP contribution in [0.15, 0.2) is 21.8 Å². The summed E-state index contributed by atoms with van der Waals surface area (Å²) in [5, 5.41) is 3.53. The summed E-state index contributed by atoms with van der Waals surface area (Å²) in [5.74, 6) is 0.136. The molecular weight excluding hydrogens is 493 g/mol. The van der Waals surface area contributed by atoms with Crippen LogP contribution >= 0.6 is 50.7 Å². The first-order valence-electron chi connectivity index (χ1n) is 6.79. The van der Waals surface area contributed by atoms with E-state index < -0.39 is 15.2 Å². The minimum atomic E-state index is -4.20. The van der Waals surface area contributed by atoms with Gasteiger partial charge in [-0.1, -0.05) is 29.3 Å². The molecule has 0 saturated heterocycles. The number of nitrogens with one attached hydrogen (secondary N) is 1. The van der Waals surface area contributed by atoms with Gasteiger partial charge < -0.3 is 4.74 Å². The summed E-state index contributed by atoms with van der Waals surface area (Å²) in [6, 6.07) is 3.19. The third kappa shape index (κ3) is 3.31. The minimum absolute atomic E-state index is 0.0352. The fourth-order valence-electron chi connectivity index (χ4n) is 2.02. The highest BCUT2D eigenvalue weighted by Crippen LogP contribution is 2.35. The third-order valence-corrected chi connectivity index (χ3v) is 6.16. The molecule has 3 rings (SSSR count). The van der Waals surface area contributed by atoms with Crippen molar-refractivity contribution in [3.8, 4) is 5.88 Å². The highest BCUT2D eigenvalue weighted by molar-refractivity contribution is 9.10. The molecule has 0 radical (unpaired) electrons. The lowest BCUT2D eigenvalue weighted by Crippen LogP contribution is -2.15. The molecule has 0 aliphatic rings. The van der Waals surface area contributed by atoms with E-state index in [1.807, 2.05) is 0 Å². The number of halogens is 4. The molecule has 0 unspecified atom stereocenters. The molecule has 8 nitrogen and oxygen atoms in total. The Hall–Kier alpha value is -1.33. The van der Waals surface area contributed by atoms with Gasteiger partial charge in [0.15, 0.2) is 5.65 Å². The van der Waals surface area contributed by atoms with E-state index in [1.165, 1.54) is 13.2 Å². The van der Waals surface area contributed by atoms with Crippen LogP contribution in [0.4, 0.5) is 5.69 Å². The van der Waals surface area contributed by atoms with Crippen molar-refractivity contribution >= 4 is 72.1 Å². The number of hydrogen-bond donors (Lipinski definition) is 1. The molecular formula is C13H9BrCl3N5O3S. The van der Waals surface area contributed by atoms with Crippen molar-refractivity contribution < 1.29 is 13.2 Å². The Balaban J connectivity index is 2.13. The zero-order chi connectivity index (χ0) is 19.2. The first kappa shape index (κ1) is 19.4. The van der Waals surface area contributed by atoms with Crippen LogP contribution in [0.2, 0.25) is 15.3 Å². The smallest absolute Gasteiger partial charge is 0.299 e. The molecule has 3 aromatic rings. The Labute approximate surface area is 171 Å². The maximum absolute atomic E-state index is 12.7. The van der Waals surface area contributed by atoms with Crippen LogP contribution in [0.25, 0.3) is 5.65 Å². The number of aryl methyl sites for hydroxylation is 1. The standard InChI is InChI=1S/C13H9BrCl3N5O3S/c1-5-3-4-6(15)9(8(5)16)21-26(23,24)13-18-10-7(14)11(25-2)19-12(17)22(10)20-13/h3-4,21H,1-2H3. The molecule has 0 fully saturated rings. The molecule has 2 heterocycles. The molecule has 0 atom stereocenters. The van der Waals surface area contributed by atoms with Gasteiger partial charge in [0, 0.05) is 0 Å². The van der Waals surface area contributed by atoms with E-state index in [0.717, 1.165) is 4.52 Å². The fourth-order valence-corrected chi connectivity index (χ4v) is 4.27. The van der Waals surface area contributed by atoms with E-state index in [2.05, 4.69) is 35.7 Å². The summed E-state index contributed by atoms with van der Waals surface area (Å²) in [4.78, 5) is 7.93. The van der Waals surface area contributed by atoms with Crippen LogP contribution in [-0.4, -0.2) is 35.1 Å². The van der Waals surface area contributed by atoms with Crippen molar-refractivity contribution in [3.63, 3.8) is 0 Å². The van der Waals surface area contributed by atoms with Gasteiger partial charge in [0.2, 0.25) is 11.2 Å². The van der Waals surface area contributed by atoms with E-state index >= 15 is 0 Å². The van der Waals surface area contributed by atoms with Crippen LogP contribution in [0, 0.1) is 6.92 Å².